The van der Waals surface area contributed by atoms with Gasteiger partial charge in [-0.2, -0.15) is 0 Å². The van der Waals surface area contributed by atoms with E-state index in [9.17, 15) is 13.2 Å². The molecule has 3 aromatic carbocycles. The van der Waals surface area contributed by atoms with Gasteiger partial charge in [-0.1, -0.05) is 48.5 Å². The van der Waals surface area contributed by atoms with Crippen molar-refractivity contribution >= 4 is 10.8 Å². The summed E-state index contributed by atoms with van der Waals surface area (Å²) < 4.78 is 41.6. The molecule has 1 aliphatic rings. The Hall–Kier alpha value is -2.57. The third kappa shape index (κ3) is 4.38. The van der Waals surface area contributed by atoms with Crippen LogP contribution in [-0.2, 0) is 0 Å². The van der Waals surface area contributed by atoms with Crippen molar-refractivity contribution in [3.8, 4) is 5.75 Å². The fourth-order valence-electron chi connectivity index (χ4n) is 4.09. The van der Waals surface area contributed by atoms with Gasteiger partial charge in [-0.05, 0) is 46.5 Å². The Morgan fingerprint density at radius 1 is 0.897 bits per heavy atom. The fourth-order valence-corrected chi connectivity index (χ4v) is 4.09. The number of nitrogens with zero attached hydrogens (tertiary/aromatic N) is 1. The molecular weight excluding hydrogens is 377 g/mol. The summed E-state index contributed by atoms with van der Waals surface area (Å²) in [5, 5.41) is 5.74. The molecule has 3 aromatic rings. The molecule has 6 heteroatoms. The normalized spacial score (nSPS) is 16.7. The van der Waals surface area contributed by atoms with Gasteiger partial charge in [0.05, 0.1) is 6.04 Å². The van der Waals surface area contributed by atoms with E-state index in [2.05, 4.69) is 46.1 Å². The maximum absolute atomic E-state index is 12.5. The van der Waals surface area contributed by atoms with E-state index >= 15 is 0 Å². The smallest absolute Gasteiger partial charge is 0.406 e. The van der Waals surface area contributed by atoms with E-state index in [4.69, 9.17) is 0 Å². The third-order valence-electron chi connectivity index (χ3n) is 5.42. The standard InChI is InChI=1S/C23H23F3N2O/c1-16-6-11-21(20-5-3-2-4-19(16)20)22(28-14-12-27-13-15-28)17-7-9-18(10-8-17)29-23(24,25)26/h2-11,22,27H,12-15H2,1H3/t22-/m0/s1. The number of nitrogens with one attached hydrogen (secondary N) is 1. The lowest BCUT2D eigenvalue weighted by Crippen LogP contribution is -2.45. The predicted octanol–water partition coefficient (Wildman–Crippen LogP) is 5.04. The van der Waals surface area contributed by atoms with E-state index < -0.39 is 6.36 Å². The van der Waals surface area contributed by atoms with E-state index in [0.29, 0.717) is 0 Å². The minimum Gasteiger partial charge on any atom is -0.406 e. The van der Waals surface area contributed by atoms with Crippen LogP contribution in [0.4, 0.5) is 13.2 Å². The molecule has 0 aromatic heterocycles. The van der Waals surface area contributed by atoms with Crippen LogP contribution < -0.4 is 10.1 Å². The molecule has 4 rings (SSSR count). The first-order chi connectivity index (χ1) is 13.9. The molecule has 0 amide bonds. The number of halogens is 3. The van der Waals surface area contributed by atoms with Gasteiger partial charge in [0.2, 0.25) is 0 Å². The van der Waals surface area contributed by atoms with Crippen molar-refractivity contribution in [3.05, 3.63) is 77.4 Å². The van der Waals surface area contributed by atoms with Crippen LogP contribution in [0.3, 0.4) is 0 Å². The van der Waals surface area contributed by atoms with Crippen LogP contribution in [0.5, 0.6) is 5.75 Å². The van der Waals surface area contributed by atoms with Crippen molar-refractivity contribution in [1.82, 2.24) is 10.2 Å². The minimum atomic E-state index is -4.69. The molecule has 1 saturated heterocycles. The second-order valence-electron chi connectivity index (χ2n) is 7.32. The van der Waals surface area contributed by atoms with Gasteiger partial charge < -0.3 is 10.1 Å². The van der Waals surface area contributed by atoms with E-state index in [-0.39, 0.29) is 11.8 Å². The summed E-state index contributed by atoms with van der Waals surface area (Å²) in [6, 6.07) is 18.8. The molecule has 0 spiro atoms. The van der Waals surface area contributed by atoms with Crippen molar-refractivity contribution in [2.24, 2.45) is 0 Å². The van der Waals surface area contributed by atoms with Crippen LogP contribution in [-0.4, -0.2) is 37.4 Å². The Kier molecular flexibility index (Phi) is 5.48. The zero-order valence-electron chi connectivity index (χ0n) is 16.2. The second kappa shape index (κ2) is 8.05. The molecular formula is C23H23F3N2O. The van der Waals surface area contributed by atoms with Crippen molar-refractivity contribution in [2.75, 3.05) is 26.2 Å². The van der Waals surface area contributed by atoms with Crippen molar-refractivity contribution < 1.29 is 17.9 Å². The van der Waals surface area contributed by atoms with Gasteiger partial charge in [0.25, 0.3) is 0 Å². The molecule has 1 fully saturated rings. The Morgan fingerprint density at radius 3 is 2.21 bits per heavy atom. The van der Waals surface area contributed by atoms with E-state index in [1.807, 2.05) is 12.1 Å². The van der Waals surface area contributed by atoms with Gasteiger partial charge in [0.15, 0.2) is 0 Å². The molecule has 29 heavy (non-hydrogen) atoms. The zero-order valence-corrected chi connectivity index (χ0v) is 16.2. The summed E-state index contributed by atoms with van der Waals surface area (Å²) in [6.07, 6.45) is -4.69. The highest BCUT2D eigenvalue weighted by Gasteiger charge is 2.31. The highest BCUT2D eigenvalue weighted by Crippen LogP contribution is 2.36. The zero-order chi connectivity index (χ0) is 20.4. The number of hydrogen-bond donors (Lipinski definition) is 1. The molecule has 1 heterocycles. The Balaban J connectivity index is 1.78. The van der Waals surface area contributed by atoms with Crippen molar-refractivity contribution in [3.63, 3.8) is 0 Å². The third-order valence-corrected chi connectivity index (χ3v) is 5.42. The number of piperazine rings is 1. The molecule has 0 radical (unpaired) electrons. The van der Waals surface area contributed by atoms with Crippen LogP contribution >= 0.6 is 0 Å². The van der Waals surface area contributed by atoms with Crippen LogP contribution in [0.2, 0.25) is 0 Å². The van der Waals surface area contributed by atoms with Gasteiger partial charge in [-0.25, -0.2) is 0 Å². The first kappa shape index (κ1) is 19.7. The maximum Gasteiger partial charge on any atom is 0.573 e. The lowest BCUT2D eigenvalue weighted by Gasteiger charge is -2.36. The summed E-state index contributed by atoms with van der Waals surface area (Å²) in [5.41, 5.74) is 3.32. The van der Waals surface area contributed by atoms with Gasteiger partial charge in [0.1, 0.15) is 5.75 Å². The topological polar surface area (TPSA) is 24.5 Å². The number of benzene rings is 3. The van der Waals surface area contributed by atoms with Crippen molar-refractivity contribution in [2.45, 2.75) is 19.3 Å². The maximum atomic E-state index is 12.5. The quantitative estimate of drug-likeness (QED) is 0.664. The number of rotatable bonds is 4. The summed E-state index contributed by atoms with van der Waals surface area (Å²) in [6.45, 7) is 5.60. The molecule has 0 aliphatic carbocycles. The predicted molar refractivity (Wildman–Crippen MR) is 108 cm³/mol. The first-order valence-electron chi connectivity index (χ1n) is 9.71. The SMILES string of the molecule is Cc1ccc([C@H](c2ccc(OC(F)(F)F)cc2)N2CCNCC2)c2ccccc12. The molecule has 152 valence electrons. The minimum absolute atomic E-state index is 0.0393. The molecule has 0 unspecified atom stereocenters. The van der Waals surface area contributed by atoms with Gasteiger partial charge in [-0.3, -0.25) is 4.90 Å². The summed E-state index contributed by atoms with van der Waals surface area (Å²) in [5.74, 6) is -0.200. The van der Waals surface area contributed by atoms with E-state index in [1.165, 1.54) is 28.5 Å². The number of ether oxygens (including phenoxy) is 1. The van der Waals surface area contributed by atoms with Crippen LogP contribution in [0.15, 0.2) is 60.7 Å². The lowest BCUT2D eigenvalue weighted by atomic mass is 9.90. The van der Waals surface area contributed by atoms with E-state index in [0.717, 1.165) is 37.3 Å². The average Bonchev–Trinajstić information content (AvgIpc) is 2.71. The highest BCUT2D eigenvalue weighted by atomic mass is 19.4. The summed E-state index contributed by atoms with van der Waals surface area (Å²) >= 11 is 0. The Morgan fingerprint density at radius 2 is 1.55 bits per heavy atom. The Labute approximate surface area is 168 Å². The molecule has 0 bridgehead atoms. The lowest BCUT2D eigenvalue weighted by molar-refractivity contribution is -0.274. The van der Waals surface area contributed by atoms with Crippen LogP contribution in [0.1, 0.15) is 22.7 Å². The molecule has 1 N–H and O–H groups in total. The molecule has 3 nitrogen and oxygen atoms in total. The van der Waals surface area contributed by atoms with Gasteiger partial charge in [-0.15, -0.1) is 13.2 Å². The number of fused-ring (bicyclic) bond motifs is 1. The molecule has 0 saturated carbocycles. The first-order valence-corrected chi connectivity index (χ1v) is 9.71. The van der Waals surface area contributed by atoms with Crippen molar-refractivity contribution in [1.29, 1.82) is 0 Å². The summed E-state index contributed by atoms with van der Waals surface area (Å²) in [4.78, 5) is 2.38. The second-order valence-corrected chi connectivity index (χ2v) is 7.32. The highest BCUT2D eigenvalue weighted by molar-refractivity contribution is 5.89. The molecule has 1 aliphatic heterocycles. The van der Waals surface area contributed by atoms with Crippen LogP contribution in [0.25, 0.3) is 10.8 Å². The van der Waals surface area contributed by atoms with Crippen LogP contribution in [0, 0.1) is 6.92 Å². The monoisotopic (exact) mass is 400 g/mol. The molecule has 1 atom stereocenters. The fraction of sp³-hybridized carbons (Fsp3) is 0.304. The Bertz CT molecular complexity index is 980. The van der Waals surface area contributed by atoms with Gasteiger partial charge in [0, 0.05) is 26.2 Å². The van der Waals surface area contributed by atoms with E-state index in [1.54, 1.807) is 12.1 Å². The summed E-state index contributed by atoms with van der Waals surface area (Å²) in [7, 11) is 0. The average molecular weight is 400 g/mol. The largest absolute Gasteiger partial charge is 0.573 e. The number of aryl methyl sites for hydroxylation is 1. The number of alkyl halides is 3. The van der Waals surface area contributed by atoms with Gasteiger partial charge >= 0.3 is 6.36 Å². The number of hydrogen-bond acceptors (Lipinski definition) is 3.